The Bertz CT molecular complexity index is 985. The lowest BCUT2D eigenvalue weighted by molar-refractivity contribution is -0.136. The molecule has 4 rings (SSSR count). The van der Waals surface area contributed by atoms with Gasteiger partial charge in [0.25, 0.3) is 0 Å². The molecule has 1 N–H and O–H groups in total. The predicted molar refractivity (Wildman–Crippen MR) is 159 cm³/mol. The van der Waals surface area contributed by atoms with Crippen molar-refractivity contribution in [2.24, 2.45) is 16.7 Å². The second-order valence-electron chi connectivity index (χ2n) is 15.2. The van der Waals surface area contributed by atoms with Gasteiger partial charge in [0.2, 0.25) is 5.91 Å². The zero-order valence-electron chi connectivity index (χ0n) is 25.2. The van der Waals surface area contributed by atoms with Gasteiger partial charge in [-0.15, -0.1) is 0 Å². The highest BCUT2D eigenvalue weighted by atomic mass is 35.5. The molecule has 1 aliphatic carbocycles. The Balaban J connectivity index is 1.44. The van der Waals surface area contributed by atoms with E-state index in [1.807, 2.05) is 6.07 Å². The lowest BCUT2D eigenvalue weighted by atomic mass is 9.74. The number of anilines is 1. The van der Waals surface area contributed by atoms with E-state index in [1.165, 1.54) is 24.1 Å². The van der Waals surface area contributed by atoms with E-state index in [4.69, 9.17) is 11.6 Å². The molecule has 214 valence electrons. The van der Waals surface area contributed by atoms with Crippen LogP contribution in [0.2, 0.25) is 5.02 Å². The van der Waals surface area contributed by atoms with E-state index in [-0.39, 0.29) is 28.7 Å². The molecule has 1 amide bonds. The fraction of sp³-hybridized carbons (Fsp3) is 0.781. The number of likely N-dealkylation sites (tertiary alicyclic amines) is 1. The SMILES string of the molecule is CC1(C)CCC(N(C(O)C(C)(C)C)[C@H]2CCN(C(=O)[C@H]3CCN(c4ccc(Cl)cc4C(C)(C)C)C3)C2)CC1. The third kappa shape index (κ3) is 6.53. The average Bonchev–Trinajstić information content (AvgIpc) is 3.49. The van der Waals surface area contributed by atoms with Gasteiger partial charge in [-0.1, -0.05) is 67.0 Å². The first kappa shape index (κ1) is 29.7. The number of halogens is 1. The molecule has 1 aromatic carbocycles. The summed E-state index contributed by atoms with van der Waals surface area (Å²) in [6.45, 7) is 21.0. The van der Waals surface area contributed by atoms with Crippen LogP contribution in [0.1, 0.15) is 99.5 Å². The van der Waals surface area contributed by atoms with Gasteiger partial charge in [-0.2, -0.15) is 0 Å². The smallest absolute Gasteiger partial charge is 0.227 e. The Hall–Kier alpha value is -1.30. The molecule has 1 aromatic rings. The minimum atomic E-state index is -0.503. The van der Waals surface area contributed by atoms with Crippen LogP contribution in [0.5, 0.6) is 0 Å². The van der Waals surface area contributed by atoms with Gasteiger partial charge in [0.15, 0.2) is 0 Å². The maximum Gasteiger partial charge on any atom is 0.227 e. The van der Waals surface area contributed by atoms with E-state index in [1.54, 1.807) is 0 Å². The first-order valence-electron chi connectivity index (χ1n) is 14.9. The summed E-state index contributed by atoms with van der Waals surface area (Å²) in [7, 11) is 0. The van der Waals surface area contributed by atoms with E-state index < -0.39 is 6.23 Å². The molecule has 3 atom stereocenters. The van der Waals surface area contributed by atoms with Gasteiger partial charge in [0, 0.05) is 54.4 Å². The van der Waals surface area contributed by atoms with E-state index in [0.29, 0.717) is 11.5 Å². The van der Waals surface area contributed by atoms with Crippen molar-refractivity contribution in [2.45, 2.75) is 118 Å². The van der Waals surface area contributed by atoms with E-state index in [2.05, 4.69) is 82.2 Å². The van der Waals surface area contributed by atoms with Crippen molar-refractivity contribution >= 4 is 23.2 Å². The Morgan fingerprint density at radius 3 is 2.26 bits per heavy atom. The zero-order chi connectivity index (χ0) is 28.0. The maximum atomic E-state index is 13.8. The molecule has 2 saturated heterocycles. The molecule has 3 aliphatic rings. The summed E-state index contributed by atoms with van der Waals surface area (Å²) in [6, 6.07) is 6.78. The lowest BCUT2D eigenvalue weighted by Crippen LogP contribution is -2.56. The second-order valence-corrected chi connectivity index (χ2v) is 15.6. The summed E-state index contributed by atoms with van der Waals surface area (Å²) in [6.07, 6.45) is 5.97. The van der Waals surface area contributed by atoms with Crippen LogP contribution in [0.4, 0.5) is 5.69 Å². The number of hydrogen-bond acceptors (Lipinski definition) is 4. The van der Waals surface area contributed by atoms with Crippen LogP contribution in [-0.2, 0) is 10.2 Å². The number of aliphatic hydroxyl groups is 1. The summed E-state index contributed by atoms with van der Waals surface area (Å²) in [4.78, 5) is 20.6. The molecule has 1 saturated carbocycles. The van der Waals surface area contributed by atoms with Crippen LogP contribution in [0.15, 0.2) is 18.2 Å². The Morgan fingerprint density at radius 2 is 1.66 bits per heavy atom. The van der Waals surface area contributed by atoms with E-state index in [0.717, 1.165) is 56.9 Å². The third-order valence-corrected chi connectivity index (χ3v) is 9.56. The molecule has 0 aromatic heterocycles. The third-order valence-electron chi connectivity index (χ3n) is 9.33. The van der Waals surface area contributed by atoms with E-state index in [9.17, 15) is 9.90 Å². The number of hydrogen-bond donors (Lipinski definition) is 1. The quantitative estimate of drug-likeness (QED) is 0.418. The number of amides is 1. The van der Waals surface area contributed by atoms with Crippen molar-refractivity contribution in [3.63, 3.8) is 0 Å². The molecule has 5 nitrogen and oxygen atoms in total. The first-order chi connectivity index (χ1) is 17.6. The monoisotopic (exact) mass is 545 g/mol. The summed E-state index contributed by atoms with van der Waals surface area (Å²) in [5, 5.41) is 12.3. The summed E-state index contributed by atoms with van der Waals surface area (Å²) in [5.41, 5.74) is 2.59. The molecule has 3 fully saturated rings. The van der Waals surface area contributed by atoms with Gasteiger partial charge in [0.1, 0.15) is 6.23 Å². The number of benzene rings is 1. The van der Waals surface area contributed by atoms with Crippen molar-refractivity contribution in [2.75, 3.05) is 31.1 Å². The molecule has 0 radical (unpaired) electrons. The zero-order valence-corrected chi connectivity index (χ0v) is 25.9. The summed E-state index contributed by atoms with van der Waals surface area (Å²) >= 11 is 6.35. The molecule has 6 heteroatoms. The van der Waals surface area contributed by atoms with Crippen LogP contribution in [-0.4, -0.2) is 65.3 Å². The van der Waals surface area contributed by atoms with Crippen LogP contribution >= 0.6 is 11.6 Å². The minimum absolute atomic E-state index is 0.0177. The van der Waals surface area contributed by atoms with Gasteiger partial charge in [-0.05, 0) is 73.1 Å². The van der Waals surface area contributed by atoms with Crippen molar-refractivity contribution < 1.29 is 9.90 Å². The molecule has 0 spiro atoms. The number of rotatable bonds is 5. The highest BCUT2D eigenvalue weighted by Crippen LogP contribution is 2.41. The second kappa shape index (κ2) is 10.9. The number of aliphatic hydroxyl groups excluding tert-OH is 1. The molecule has 2 heterocycles. The standard InChI is InChI=1S/C32H52ClN3O2/c1-30(2,3)26-19-23(33)9-10-27(26)34-17-13-22(20-34)28(37)35-18-14-25(21-35)36(29(38)31(4,5)6)24-11-15-32(7,8)16-12-24/h9-10,19,22,24-25,29,38H,11-18,20-21H2,1-8H3/t22-,25-,29?/m0/s1. The van der Waals surface area contributed by atoms with Crippen molar-refractivity contribution in [1.82, 2.24) is 9.80 Å². The summed E-state index contributed by atoms with van der Waals surface area (Å²) in [5.74, 6) is 0.310. The van der Waals surface area contributed by atoms with Gasteiger partial charge in [-0.25, -0.2) is 0 Å². The highest BCUT2D eigenvalue weighted by molar-refractivity contribution is 6.30. The normalized spacial score (nSPS) is 25.9. The Labute approximate surface area is 236 Å². The van der Waals surface area contributed by atoms with Gasteiger partial charge in [-0.3, -0.25) is 9.69 Å². The highest BCUT2D eigenvalue weighted by Gasteiger charge is 2.44. The molecule has 2 aliphatic heterocycles. The largest absolute Gasteiger partial charge is 0.378 e. The van der Waals surface area contributed by atoms with Crippen LogP contribution < -0.4 is 4.90 Å². The van der Waals surface area contributed by atoms with Crippen LogP contribution in [0.3, 0.4) is 0 Å². The molecular weight excluding hydrogens is 494 g/mol. The number of carbonyl (C=O) groups is 1. The number of nitrogens with zero attached hydrogens (tertiary/aromatic N) is 3. The molecule has 1 unspecified atom stereocenters. The van der Waals surface area contributed by atoms with Crippen molar-refractivity contribution in [3.8, 4) is 0 Å². The Kier molecular flexibility index (Phi) is 8.54. The lowest BCUT2D eigenvalue weighted by Gasteiger charge is -2.48. The fourth-order valence-corrected chi connectivity index (χ4v) is 7.01. The van der Waals surface area contributed by atoms with Crippen molar-refractivity contribution in [3.05, 3.63) is 28.8 Å². The average molecular weight is 546 g/mol. The molecular formula is C32H52ClN3O2. The first-order valence-corrected chi connectivity index (χ1v) is 15.2. The molecule has 0 bridgehead atoms. The van der Waals surface area contributed by atoms with E-state index >= 15 is 0 Å². The fourth-order valence-electron chi connectivity index (χ4n) is 6.84. The Morgan fingerprint density at radius 1 is 1.00 bits per heavy atom. The number of carbonyl (C=O) groups excluding carboxylic acids is 1. The summed E-state index contributed by atoms with van der Waals surface area (Å²) < 4.78 is 0. The van der Waals surface area contributed by atoms with Gasteiger partial charge in [0.05, 0.1) is 5.92 Å². The van der Waals surface area contributed by atoms with Gasteiger partial charge < -0.3 is 14.9 Å². The topological polar surface area (TPSA) is 47.0 Å². The van der Waals surface area contributed by atoms with Crippen LogP contribution in [0.25, 0.3) is 0 Å². The van der Waals surface area contributed by atoms with Crippen LogP contribution in [0, 0.1) is 16.7 Å². The van der Waals surface area contributed by atoms with Crippen molar-refractivity contribution in [1.29, 1.82) is 0 Å². The predicted octanol–water partition coefficient (Wildman–Crippen LogP) is 6.70. The molecule has 38 heavy (non-hydrogen) atoms. The van der Waals surface area contributed by atoms with Gasteiger partial charge >= 0.3 is 0 Å². The minimum Gasteiger partial charge on any atom is -0.378 e. The maximum absolute atomic E-state index is 13.8.